The largest absolute Gasteiger partial charge is 0.228 e. The van der Waals surface area contributed by atoms with Crippen molar-refractivity contribution in [2.45, 2.75) is 5.75 Å². The number of nitrogens with zero attached hydrogens (tertiary/aromatic N) is 1. The topological polar surface area (TPSA) is 89.6 Å². The molecule has 0 atom stereocenters. The molecule has 0 saturated carbocycles. The number of primary sulfonamides is 1. The van der Waals surface area contributed by atoms with E-state index < -0.39 is 10.0 Å². The molecule has 0 radical (unpaired) electrons. The van der Waals surface area contributed by atoms with Crippen LogP contribution in [0.3, 0.4) is 0 Å². The van der Waals surface area contributed by atoms with E-state index >= 15 is 0 Å². The third-order valence-electron chi connectivity index (χ3n) is 1.38. The molecule has 0 aliphatic carbocycles. The quantitative estimate of drug-likeness (QED) is 0.734. The van der Waals surface area contributed by atoms with Crippen molar-refractivity contribution in [1.29, 1.82) is 0 Å². The maximum absolute atomic E-state index is 10.7. The highest BCUT2D eigenvalue weighted by Crippen LogP contribution is 2.14. The van der Waals surface area contributed by atoms with E-state index in [4.69, 9.17) is 5.14 Å². The van der Waals surface area contributed by atoms with Gasteiger partial charge in [-0.25, -0.2) is 13.6 Å². The van der Waals surface area contributed by atoms with Gasteiger partial charge in [0.05, 0.1) is 5.75 Å². The Morgan fingerprint density at radius 3 is 2.62 bits per heavy atom. The minimum absolute atomic E-state index is 0.196. The highest BCUT2D eigenvalue weighted by molar-refractivity contribution is 7.88. The summed E-state index contributed by atoms with van der Waals surface area (Å²) in [5, 5.41) is 7.50. The summed E-state index contributed by atoms with van der Waals surface area (Å²) in [6.45, 7) is 0. The van der Waals surface area contributed by atoms with E-state index in [9.17, 15) is 13.3 Å². The highest BCUT2D eigenvalue weighted by Gasteiger charge is 2.05. The molecule has 0 bridgehead atoms. The molecule has 1 aromatic carbocycles. The van der Waals surface area contributed by atoms with Crippen LogP contribution in [0.15, 0.2) is 29.4 Å². The predicted octanol–water partition coefficient (Wildman–Crippen LogP) is 0.873. The lowest BCUT2D eigenvalue weighted by molar-refractivity contribution is 0.597. The molecule has 0 aliphatic heterocycles. The standard InChI is InChI=1S/C7H8N2O3S/c8-13(11,12)5-6-2-1-3-7(4-6)9-10/h1-4H,5H2,(H2,8,11,12). The first-order chi connectivity index (χ1) is 6.01. The number of sulfonamides is 1. The van der Waals surface area contributed by atoms with E-state index in [2.05, 4.69) is 5.18 Å². The zero-order valence-electron chi connectivity index (χ0n) is 6.67. The van der Waals surface area contributed by atoms with E-state index in [1.54, 1.807) is 12.1 Å². The van der Waals surface area contributed by atoms with Crippen LogP contribution in [0.1, 0.15) is 5.56 Å². The van der Waals surface area contributed by atoms with Crippen LogP contribution >= 0.6 is 0 Å². The van der Waals surface area contributed by atoms with Crippen molar-refractivity contribution in [1.82, 2.24) is 0 Å². The lowest BCUT2D eigenvalue weighted by Gasteiger charge is -1.98. The Morgan fingerprint density at radius 1 is 1.38 bits per heavy atom. The highest BCUT2D eigenvalue weighted by atomic mass is 32.2. The number of nitroso groups, excluding NO2 is 1. The lowest BCUT2D eigenvalue weighted by atomic mass is 10.2. The van der Waals surface area contributed by atoms with Gasteiger partial charge in [0.15, 0.2) is 0 Å². The van der Waals surface area contributed by atoms with Gasteiger partial charge in [0.25, 0.3) is 0 Å². The van der Waals surface area contributed by atoms with Crippen LogP contribution in [-0.2, 0) is 15.8 Å². The van der Waals surface area contributed by atoms with E-state index in [-0.39, 0.29) is 11.4 Å². The molecular formula is C7H8N2O3S. The Morgan fingerprint density at radius 2 is 2.08 bits per heavy atom. The van der Waals surface area contributed by atoms with E-state index in [0.717, 1.165) is 0 Å². The summed E-state index contributed by atoms with van der Waals surface area (Å²) in [5.74, 6) is -0.281. The maximum atomic E-state index is 10.7. The first-order valence-corrected chi connectivity index (χ1v) is 5.15. The minimum atomic E-state index is -3.55. The molecule has 6 heteroatoms. The number of hydrogen-bond donors (Lipinski definition) is 1. The molecule has 0 unspecified atom stereocenters. The minimum Gasteiger partial charge on any atom is -0.228 e. The molecule has 0 aromatic heterocycles. The van der Waals surface area contributed by atoms with Crippen molar-refractivity contribution in [3.63, 3.8) is 0 Å². The van der Waals surface area contributed by atoms with Crippen LogP contribution in [0.5, 0.6) is 0 Å². The molecule has 13 heavy (non-hydrogen) atoms. The van der Waals surface area contributed by atoms with Gasteiger partial charge in [0.1, 0.15) is 5.69 Å². The average molecular weight is 200 g/mol. The van der Waals surface area contributed by atoms with Gasteiger partial charge in [-0.05, 0) is 22.9 Å². The van der Waals surface area contributed by atoms with Gasteiger partial charge in [0, 0.05) is 0 Å². The molecule has 5 nitrogen and oxygen atoms in total. The van der Waals surface area contributed by atoms with Crippen LogP contribution in [0, 0.1) is 4.91 Å². The molecule has 0 aliphatic rings. The van der Waals surface area contributed by atoms with Gasteiger partial charge in [-0.3, -0.25) is 0 Å². The van der Waals surface area contributed by atoms with Gasteiger partial charge in [-0.1, -0.05) is 12.1 Å². The Hall–Kier alpha value is -1.27. The van der Waals surface area contributed by atoms with Gasteiger partial charge >= 0.3 is 0 Å². The zero-order valence-corrected chi connectivity index (χ0v) is 7.49. The van der Waals surface area contributed by atoms with Crippen molar-refractivity contribution in [3.8, 4) is 0 Å². The Labute approximate surface area is 75.6 Å². The Bertz CT molecular complexity index is 414. The second-order valence-electron chi connectivity index (χ2n) is 2.57. The van der Waals surface area contributed by atoms with E-state index in [0.29, 0.717) is 5.56 Å². The molecule has 2 N–H and O–H groups in total. The van der Waals surface area contributed by atoms with Crippen LogP contribution in [0.25, 0.3) is 0 Å². The summed E-state index contributed by atoms with van der Waals surface area (Å²) in [6, 6.07) is 5.99. The number of hydrogen-bond acceptors (Lipinski definition) is 4. The van der Waals surface area contributed by atoms with E-state index in [1.165, 1.54) is 12.1 Å². The van der Waals surface area contributed by atoms with Crippen LogP contribution in [0.2, 0.25) is 0 Å². The Balaban J connectivity index is 2.96. The van der Waals surface area contributed by atoms with Crippen molar-refractivity contribution in [3.05, 3.63) is 34.7 Å². The van der Waals surface area contributed by atoms with Crippen molar-refractivity contribution in [2.24, 2.45) is 10.3 Å². The SMILES string of the molecule is NS(=O)(=O)Cc1cccc(N=O)c1. The molecule has 0 saturated heterocycles. The number of nitrogens with two attached hydrogens (primary N) is 1. The van der Waals surface area contributed by atoms with Crippen LogP contribution in [0.4, 0.5) is 5.69 Å². The fourth-order valence-corrected chi connectivity index (χ4v) is 1.58. The van der Waals surface area contributed by atoms with Crippen molar-refractivity contribution < 1.29 is 8.42 Å². The van der Waals surface area contributed by atoms with Crippen LogP contribution in [-0.4, -0.2) is 8.42 Å². The molecule has 1 rings (SSSR count). The summed E-state index contributed by atoms with van der Waals surface area (Å²) in [7, 11) is -3.55. The van der Waals surface area contributed by atoms with Crippen molar-refractivity contribution in [2.75, 3.05) is 0 Å². The molecule has 1 aromatic rings. The molecule has 0 spiro atoms. The first kappa shape index (κ1) is 9.82. The zero-order chi connectivity index (χ0) is 9.90. The van der Waals surface area contributed by atoms with Crippen molar-refractivity contribution >= 4 is 15.7 Å². The summed E-state index contributed by atoms with van der Waals surface area (Å²) in [5.41, 5.74) is 0.653. The summed E-state index contributed by atoms with van der Waals surface area (Å²) in [4.78, 5) is 10.1. The van der Waals surface area contributed by atoms with Gasteiger partial charge in [-0.2, -0.15) is 0 Å². The van der Waals surface area contributed by atoms with Gasteiger partial charge in [-0.15, -0.1) is 4.91 Å². The monoisotopic (exact) mass is 200 g/mol. The molecule has 0 heterocycles. The number of benzene rings is 1. The number of rotatable bonds is 3. The molecule has 0 fully saturated rings. The molecule has 0 amide bonds. The van der Waals surface area contributed by atoms with Crippen LogP contribution < -0.4 is 5.14 Å². The fraction of sp³-hybridized carbons (Fsp3) is 0.143. The maximum Gasteiger partial charge on any atom is 0.213 e. The molecular weight excluding hydrogens is 192 g/mol. The average Bonchev–Trinajstić information content (AvgIpc) is 2.01. The van der Waals surface area contributed by atoms with E-state index in [1.807, 2.05) is 0 Å². The Kier molecular flexibility index (Phi) is 2.74. The molecule has 70 valence electrons. The smallest absolute Gasteiger partial charge is 0.213 e. The third kappa shape index (κ3) is 3.30. The second-order valence-corrected chi connectivity index (χ2v) is 4.18. The summed E-state index contributed by atoms with van der Waals surface area (Å²) >= 11 is 0. The second kappa shape index (κ2) is 3.63. The lowest BCUT2D eigenvalue weighted by Crippen LogP contribution is -2.14. The normalized spacial score (nSPS) is 11.2. The first-order valence-electron chi connectivity index (χ1n) is 3.44. The van der Waals surface area contributed by atoms with Gasteiger partial charge < -0.3 is 0 Å². The third-order valence-corrected chi connectivity index (χ3v) is 2.12. The van der Waals surface area contributed by atoms with Gasteiger partial charge in [0.2, 0.25) is 10.0 Å². The fourth-order valence-electron chi connectivity index (χ4n) is 0.935. The summed E-state index contributed by atoms with van der Waals surface area (Å²) < 4.78 is 21.3. The predicted molar refractivity (Wildman–Crippen MR) is 48.7 cm³/mol. The summed E-state index contributed by atoms with van der Waals surface area (Å²) in [6.07, 6.45) is 0.